The number of aliphatic hydroxyl groups excluding tert-OH is 4. The van der Waals surface area contributed by atoms with Gasteiger partial charge in [0.05, 0.1) is 26.4 Å². The third kappa shape index (κ3) is 21.1. The molecule has 0 saturated carbocycles. The number of rotatable bonds is 6. The fourth-order valence-corrected chi connectivity index (χ4v) is 0.446. The molecule has 6 heteroatoms. The van der Waals surface area contributed by atoms with Crippen molar-refractivity contribution >= 4 is 51.4 Å². The van der Waals surface area contributed by atoms with Crippen molar-refractivity contribution < 1.29 is 25.2 Å². The Bertz CT molecular complexity index is 113. The van der Waals surface area contributed by atoms with Crippen molar-refractivity contribution in [3.05, 3.63) is 12.7 Å². The van der Waals surface area contributed by atoms with Crippen LogP contribution in [0.5, 0.6) is 0 Å². The molecule has 5 nitrogen and oxygen atoms in total. The fraction of sp³-hybridized carbons (Fsp3) is 0.778. The number of hydrogen-bond donors (Lipinski definition) is 4. The summed E-state index contributed by atoms with van der Waals surface area (Å²) in [5.41, 5.74) is 0. The molecule has 0 fully saturated rings. The Morgan fingerprint density at radius 3 is 1.60 bits per heavy atom. The molecule has 15 heavy (non-hydrogen) atoms. The van der Waals surface area contributed by atoms with E-state index in [1.807, 2.05) is 6.92 Å². The van der Waals surface area contributed by atoms with Gasteiger partial charge in [0.15, 0.2) is 0 Å². The van der Waals surface area contributed by atoms with E-state index >= 15 is 0 Å². The molecule has 0 spiro atoms. The zero-order valence-electron chi connectivity index (χ0n) is 8.46. The molecule has 0 aliphatic rings. The van der Waals surface area contributed by atoms with E-state index in [2.05, 4.69) is 6.58 Å². The van der Waals surface area contributed by atoms with E-state index in [1.54, 1.807) is 6.08 Å². The summed E-state index contributed by atoms with van der Waals surface area (Å²) < 4.78 is 4.72. The van der Waals surface area contributed by atoms with Crippen LogP contribution in [0.15, 0.2) is 12.7 Å². The van der Waals surface area contributed by atoms with Crippen LogP contribution in [0.1, 0.15) is 6.92 Å². The number of ether oxygens (including phenoxy) is 1. The van der Waals surface area contributed by atoms with Crippen LogP contribution in [0.2, 0.25) is 0 Å². The van der Waals surface area contributed by atoms with Crippen molar-refractivity contribution in [2.45, 2.75) is 19.1 Å². The van der Waals surface area contributed by atoms with E-state index in [1.165, 1.54) is 0 Å². The minimum absolute atomic E-state index is 0. The monoisotopic (exact) mass is 248 g/mol. The molecule has 0 aliphatic heterocycles. The Labute approximate surface area is 133 Å². The summed E-state index contributed by atoms with van der Waals surface area (Å²) >= 11 is 0. The second-order valence-electron chi connectivity index (χ2n) is 2.62. The number of hydrogen-bond acceptors (Lipinski definition) is 5. The molecule has 0 saturated heterocycles. The Morgan fingerprint density at radius 1 is 1.13 bits per heavy atom. The van der Waals surface area contributed by atoms with Crippen molar-refractivity contribution in [2.24, 2.45) is 0 Å². The first kappa shape index (κ1) is 21.5. The third-order valence-corrected chi connectivity index (χ3v) is 1.04. The van der Waals surface area contributed by atoms with Crippen molar-refractivity contribution in [3.63, 3.8) is 0 Å². The molecule has 0 aromatic rings. The van der Waals surface area contributed by atoms with E-state index in [4.69, 9.17) is 25.2 Å². The summed E-state index contributed by atoms with van der Waals surface area (Å²) in [6.07, 6.45) is -0.0817. The van der Waals surface area contributed by atoms with Crippen LogP contribution in [0.4, 0.5) is 0 Å². The average Bonchev–Trinajstić information content (AvgIpc) is 2.18. The molecule has 2 unspecified atom stereocenters. The maximum atomic E-state index is 8.72. The van der Waals surface area contributed by atoms with Crippen LogP contribution in [0.3, 0.4) is 0 Å². The van der Waals surface area contributed by atoms with Crippen LogP contribution in [-0.4, -0.2) is 110 Å². The summed E-state index contributed by atoms with van der Waals surface area (Å²) in [7, 11) is 0. The van der Waals surface area contributed by atoms with Crippen LogP contribution in [0.25, 0.3) is 0 Å². The van der Waals surface area contributed by atoms with Gasteiger partial charge in [0.25, 0.3) is 0 Å². The molecular formula is C9H21KO5. The summed E-state index contributed by atoms with van der Waals surface area (Å²) in [4.78, 5) is 0. The van der Waals surface area contributed by atoms with Gasteiger partial charge in [-0.3, -0.25) is 0 Å². The van der Waals surface area contributed by atoms with Gasteiger partial charge in [-0.15, -0.1) is 6.58 Å². The molecule has 0 radical (unpaired) electrons. The minimum atomic E-state index is -0.916. The maximum absolute atomic E-state index is 8.72. The van der Waals surface area contributed by atoms with Crippen molar-refractivity contribution in [1.29, 1.82) is 0 Å². The molecule has 2 atom stereocenters. The van der Waals surface area contributed by atoms with Crippen molar-refractivity contribution in [1.82, 2.24) is 0 Å². The molecule has 0 aromatic heterocycles. The summed E-state index contributed by atoms with van der Waals surface area (Å²) in [6, 6.07) is 0. The van der Waals surface area contributed by atoms with Gasteiger partial charge >= 0.3 is 51.4 Å². The van der Waals surface area contributed by atoms with Gasteiger partial charge in [0, 0.05) is 0 Å². The third-order valence-electron chi connectivity index (χ3n) is 1.04. The zero-order valence-corrected chi connectivity index (χ0v) is 8.46. The van der Waals surface area contributed by atoms with Gasteiger partial charge in [-0.25, -0.2) is 0 Å². The Kier molecular flexibility index (Phi) is 25.1. The molecule has 4 N–H and O–H groups in total. The van der Waals surface area contributed by atoms with Crippen LogP contribution in [-0.2, 0) is 4.74 Å². The normalized spacial score (nSPS) is 12.9. The van der Waals surface area contributed by atoms with Crippen LogP contribution in [0, 0.1) is 0 Å². The van der Waals surface area contributed by atoms with Crippen LogP contribution >= 0.6 is 0 Å². The first-order valence-corrected chi connectivity index (χ1v) is 4.34. The van der Waals surface area contributed by atoms with Crippen molar-refractivity contribution in [2.75, 3.05) is 26.4 Å². The van der Waals surface area contributed by atoms with Gasteiger partial charge in [-0.05, 0) is 6.92 Å². The van der Waals surface area contributed by atoms with E-state index in [9.17, 15) is 0 Å². The molecule has 0 rings (SSSR count). The van der Waals surface area contributed by atoms with Gasteiger partial charge in [0.1, 0.15) is 12.2 Å². The number of allylic oxidation sites excluding steroid dienone is 1. The molecule has 0 aliphatic carbocycles. The van der Waals surface area contributed by atoms with E-state index in [-0.39, 0.29) is 77.8 Å². The zero-order chi connectivity index (χ0) is 11.4. The molecule has 88 valence electrons. The summed E-state index contributed by atoms with van der Waals surface area (Å²) in [5.74, 6) is 0. The molecular weight excluding hydrogens is 227 g/mol. The molecule has 0 amide bonds. The standard InChI is InChI=1S/C6H14O5.C3H6.K.H/c7-1-5(9)3-11-4-6(10)2-8;1-3-2;;/h5-10H,1-4H2;3H,1H2,2H3;;. The summed E-state index contributed by atoms with van der Waals surface area (Å²) in [6.45, 7) is 4.45. The number of aliphatic hydroxyl groups is 4. The van der Waals surface area contributed by atoms with Gasteiger partial charge in [-0.1, -0.05) is 6.08 Å². The Morgan fingerprint density at radius 2 is 1.40 bits per heavy atom. The fourth-order valence-electron chi connectivity index (χ4n) is 0.446. The Balaban J connectivity index is -0.000000320. The van der Waals surface area contributed by atoms with Gasteiger partial charge in [0.2, 0.25) is 0 Å². The molecule has 0 heterocycles. The second-order valence-corrected chi connectivity index (χ2v) is 2.62. The predicted molar refractivity (Wildman–Crippen MR) is 60.0 cm³/mol. The van der Waals surface area contributed by atoms with Crippen LogP contribution < -0.4 is 0 Å². The topological polar surface area (TPSA) is 90.2 Å². The first-order chi connectivity index (χ1) is 6.62. The molecule has 0 bridgehead atoms. The van der Waals surface area contributed by atoms with E-state index in [0.29, 0.717) is 0 Å². The quantitative estimate of drug-likeness (QED) is 0.331. The predicted octanol–water partition coefficient (Wildman–Crippen LogP) is -1.75. The van der Waals surface area contributed by atoms with E-state index < -0.39 is 12.2 Å². The van der Waals surface area contributed by atoms with Crippen molar-refractivity contribution in [3.8, 4) is 0 Å². The average molecular weight is 248 g/mol. The molecule has 0 aromatic carbocycles. The van der Waals surface area contributed by atoms with Gasteiger partial charge in [-0.2, -0.15) is 0 Å². The van der Waals surface area contributed by atoms with Gasteiger partial charge < -0.3 is 25.2 Å². The second kappa shape index (κ2) is 17.6. The first-order valence-electron chi connectivity index (χ1n) is 4.34. The summed E-state index contributed by atoms with van der Waals surface area (Å²) in [5, 5.41) is 34.1. The SMILES string of the molecule is C=CC.OCC(O)COCC(O)CO.[KH]. The Hall–Kier alpha value is 1.18. The van der Waals surface area contributed by atoms with E-state index in [0.717, 1.165) is 0 Å².